The van der Waals surface area contributed by atoms with E-state index < -0.39 is 0 Å². The summed E-state index contributed by atoms with van der Waals surface area (Å²) in [5.41, 5.74) is 0. The fraction of sp³-hybridized carbons (Fsp3) is 0.929. The molecule has 1 saturated heterocycles. The zero-order chi connectivity index (χ0) is 12.4. The maximum Gasteiger partial charge on any atom is 0.241 e. The van der Waals surface area contributed by atoms with E-state index in [1.165, 1.54) is 19.3 Å². The molecule has 0 aromatic carbocycles. The molecular weight excluding hydrogens is 212 g/mol. The summed E-state index contributed by atoms with van der Waals surface area (Å²) in [6, 6.07) is 0.503. The first-order chi connectivity index (χ1) is 8.19. The molecule has 1 saturated carbocycles. The molecule has 3 unspecified atom stereocenters. The summed E-state index contributed by atoms with van der Waals surface area (Å²) in [5.74, 6) is 1.09. The van der Waals surface area contributed by atoms with Crippen molar-refractivity contribution < 1.29 is 4.79 Å². The number of carbonyl (C=O) groups excluding carboxylic acids is 1. The molecule has 17 heavy (non-hydrogen) atoms. The van der Waals surface area contributed by atoms with Crippen LogP contribution in [0.25, 0.3) is 0 Å². The highest BCUT2D eigenvalue weighted by Gasteiger charge is 2.42. The van der Waals surface area contributed by atoms with Crippen molar-refractivity contribution in [3.05, 3.63) is 0 Å². The predicted molar refractivity (Wildman–Crippen MR) is 69.6 cm³/mol. The van der Waals surface area contributed by atoms with Crippen molar-refractivity contribution in [2.75, 3.05) is 0 Å². The summed E-state index contributed by atoms with van der Waals surface area (Å²) in [7, 11) is 0. The van der Waals surface area contributed by atoms with Crippen LogP contribution in [0.5, 0.6) is 0 Å². The van der Waals surface area contributed by atoms with Crippen LogP contribution in [0, 0.1) is 5.92 Å². The number of rotatable bonds is 5. The SMILES string of the molecule is CCCC1NC(CC)N(C(C)C2CCC2)C1=O. The average Bonchev–Trinajstić information content (AvgIpc) is 2.54. The Kier molecular flexibility index (Phi) is 4.08. The van der Waals surface area contributed by atoms with Crippen LogP contribution in [-0.4, -0.2) is 29.1 Å². The largest absolute Gasteiger partial charge is 0.323 e. The maximum atomic E-state index is 12.4. The first-order valence-electron chi connectivity index (χ1n) is 7.27. The van der Waals surface area contributed by atoms with E-state index in [4.69, 9.17) is 0 Å². The van der Waals surface area contributed by atoms with Gasteiger partial charge in [0.1, 0.15) is 0 Å². The van der Waals surface area contributed by atoms with Gasteiger partial charge in [-0.1, -0.05) is 26.7 Å². The molecule has 98 valence electrons. The van der Waals surface area contributed by atoms with Crippen molar-refractivity contribution in [1.29, 1.82) is 0 Å². The van der Waals surface area contributed by atoms with E-state index in [2.05, 4.69) is 31.0 Å². The molecule has 1 aliphatic carbocycles. The van der Waals surface area contributed by atoms with Crippen molar-refractivity contribution in [3.8, 4) is 0 Å². The van der Waals surface area contributed by atoms with Gasteiger partial charge in [0.2, 0.25) is 5.91 Å². The van der Waals surface area contributed by atoms with Crippen LogP contribution in [0.4, 0.5) is 0 Å². The molecule has 1 aliphatic heterocycles. The van der Waals surface area contributed by atoms with Gasteiger partial charge in [0.15, 0.2) is 0 Å². The molecule has 0 aromatic rings. The number of nitrogens with one attached hydrogen (secondary N) is 1. The third-order valence-electron chi connectivity index (χ3n) is 4.52. The monoisotopic (exact) mass is 238 g/mol. The van der Waals surface area contributed by atoms with E-state index in [9.17, 15) is 4.79 Å². The van der Waals surface area contributed by atoms with E-state index in [0.29, 0.717) is 11.9 Å². The van der Waals surface area contributed by atoms with Crippen LogP contribution in [0.2, 0.25) is 0 Å². The average molecular weight is 238 g/mol. The Bertz CT molecular complexity index is 275. The number of hydrogen-bond donors (Lipinski definition) is 1. The van der Waals surface area contributed by atoms with E-state index in [1.807, 2.05) is 0 Å². The Morgan fingerprint density at radius 3 is 2.59 bits per heavy atom. The Morgan fingerprint density at radius 1 is 1.41 bits per heavy atom. The number of carbonyl (C=O) groups is 1. The number of amides is 1. The predicted octanol–water partition coefficient (Wildman–Crippen LogP) is 2.51. The highest BCUT2D eigenvalue weighted by molar-refractivity contribution is 5.84. The lowest BCUT2D eigenvalue weighted by molar-refractivity contribution is -0.133. The van der Waals surface area contributed by atoms with Gasteiger partial charge in [-0.2, -0.15) is 0 Å². The van der Waals surface area contributed by atoms with Gasteiger partial charge in [0.25, 0.3) is 0 Å². The second kappa shape index (κ2) is 5.38. The van der Waals surface area contributed by atoms with Gasteiger partial charge < -0.3 is 4.90 Å². The van der Waals surface area contributed by atoms with Crippen molar-refractivity contribution in [2.45, 2.75) is 77.5 Å². The summed E-state index contributed by atoms with van der Waals surface area (Å²) in [6.45, 7) is 6.55. The molecular formula is C14H26N2O. The summed E-state index contributed by atoms with van der Waals surface area (Å²) < 4.78 is 0. The van der Waals surface area contributed by atoms with E-state index >= 15 is 0 Å². The molecule has 3 heteroatoms. The number of nitrogens with zero attached hydrogens (tertiary/aromatic N) is 1. The topological polar surface area (TPSA) is 32.3 Å². The van der Waals surface area contributed by atoms with E-state index in [-0.39, 0.29) is 12.2 Å². The molecule has 3 atom stereocenters. The minimum Gasteiger partial charge on any atom is -0.323 e. The second-order valence-corrected chi connectivity index (χ2v) is 5.61. The van der Waals surface area contributed by atoms with Gasteiger partial charge in [-0.3, -0.25) is 10.1 Å². The summed E-state index contributed by atoms with van der Waals surface area (Å²) >= 11 is 0. The van der Waals surface area contributed by atoms with Crippen molar-refractivity contribution in [3.63, 3.8) is 0 Å². The third-order valence-corrected chi connectivity index (χ3v) is 4.52. The molecule has 3 nitrogen and oxygen atoms in total. The normalized spacial score (nSPS) is 31.7. The van der Waals surface area contributed by atoms with E-state index in [0.717, 1.165) is 25.2 Å². The molecule has 2 rings (SSSR count). The van der Waals surface area contributed by atoms with Crippen LogP contribution in [0.3, 0.4) is 0 Å². The Balaban J connectivity index is 2.04. The summed E-state index contributed by atoms with van der Waals surface area (Å²) in [5, 5.41) is 3.50. The minimum absolute atomic E-state index is 0.0764. The standard InChI is InChI=1S/C14H26N2O/c1-4-7-12-14(17)16(13(5-2)15-12)10(3)11-8-6-9-11/h10-13,15H,4-9H2,1-3H3. The van der Waals surface area contributed by atoms with Crippen molar-refractivity contribution >= 4 is 5.91 Å². The molecule has 0 radical (unpaired) electrons. The lowest BCUT2D eigenvalue weighted by Gasteiger charge is -2.39. The van der Waals surface area contributed by atoms with Gasteiger partial charge >= 0.3 is 0 Å². The highest BCUT2D eigenvalue weighted by atomic mass is 16.2. The lowest BCUT2D eigenvalue weighted by atomic mass is 9.79. The third kappa shape index (κ3) is 2.35. The minimum atomic E-state index is 0.0764. The quantitative estimate of drug-likeness (QED) is 0.798. The summed E-state index contributed by atoms with van der Waals surface area (Å²) in [6.07, 6.45) is 7.30. The first-order valence-corrected chi connectivity index (χ1v) is 7.27. The Hall–Kier alpha value is -0.570. The van der Waals surface area contributed by atoms with Gasteiger partial charge in [-0.25, -0.2) is 0 Å². The van der Waals surface area contributed by atoms with Crippen LogP contribution >= 0.6 is 0 Å². The molecule has 0 bridgehead atoms. The molecule has 1 heterocycles. The zero-order valence-electron chi connectivity index (χ0n) is 11.4. The second-order valence-electron chi connectivity index (χ2n) is 5.61. The Labute approximate surface area is 105 Å². The molecule has 1 amide bonds. The van der Waals surface area contributed by atoms with Crippen molar-refractivity contribution in [2.24, 2.45) is 5.92 Å². The van der Waals surface area contributed by atoms with Gasteiger partial charge in [-0.15, -0.1) is 0 Å². The smallest absolute Gasteiger partial charge is 0.241 e. The van der Waals surface area contributed by atoms with Crippen molar-refractivity contribution in [1.82, 2.24) is 10.2 Å². The van der Waals surface area contributed by atoms with Crippen LogP contribution in [-0.2, 0) is 4.79 Å². The van der Waals surface area contributed by atoms with Crippen LogP contribution < -0.4 is 5.32 Å². The lowest BCUT2D eigenvalue weighted by Crippen LogP contribution is -2.47. The molecule has 0 spiro atoms. The Morgan fingerprint density at radius 2 is 2.12 bits per heavy atom. The van der Waals surface area contributed by atoms with Gasteiger partial charge in [0, 0.05) is 6.04 Å². The fourth-order valence-corrected chi connectivity index (χ4v) is 3.16. The highest BCUT2D eigenvalue weighted by Crippen LogP contribution is 2.34. The number of hydrogen-bond acceptors (Lipinski definition) is 2. The van der Waals surface area contributed by atoms with Gasteiger partial charge in [0.05, 0.1) is 12.2 Å². The zero-order valence-corrected chi connectivity index (χ0v) is 11.4. The summed E-state index contributed by atoms with van der Waals surface area (Å²) in [4.78, 5) is 14.6. The molecule has 0 aromatic heterocycles. The van der Waals surface area contributed by atoms with Crippen LogP contribution in [0.15, 0.2) is 0 Å². The maximum absolute atomic E-state index is 12.4. The van der Waals surface area contributed by atoms with Gasteiger partial charge in [-0.05, 0) is 38.5 Å². The van der Waals surface area contributed by atoms with E-state index in [1.54, 1.807) is 0 Å². The molecule has 2 aliphatic rings. The molecule has 2 fully saturated rings. The van der Waals surface area contributed by atoms with Crippen LogP contribution in [0.1, 0.15) is 59.3 Å². The molecule has 1 N–H and O–H groups in total. The fourth-order valence-electron chi connectivity index (χ4n) is 3.16. The first kappa shape index (κ1) is 12.9.